The van der Waals surface area contributed by atoms with E-state index in [0.29, 0.717) is 22.6 Å². The Labute approximate surface area is 154 Å². The van der Waals surface area contributed by atoms with Crippen LogP contribution in [-0.2, 0) is 5.75 Å². The summed E-state index contributed by atoms with van der Waals surface area (Å²) in [5.41, 5.74) is 4.37. The van der Waals surface area contributed by atoms with Gasteiger partial charge in [0.25, 0.3) is 11.1 Å². The quantitative estimate of drug-likeness (QED) is 0.489. The van der Waals surface area contributed by atoms with E-state index in [1.54, 1.807) is 7.11 Å². The van der Waals surface area contributed by atoms with E-state index in [4.69, 9.17) is 9.15 Å². The molecule has 0 spiro atoms. The first-order valence-electron chi connectivity index (χ1n) is 8.06. The van der Waals surface area contributed by atoms with Crippen LogP contribution in [0.5, 0.6) is 5.75 Å². The second kappa shape index (κ2) is 7.13. The number of hydrogen-bond donors (Lipinski definition) is 0. The molecule has 0 fully saturated rings. The van der Waals surface area contributed by atoms with Crippen LogP contribution in [0.3, 0.4) is 0 Å². The van der Waals surface area contributed by atoms with E-state index in [-0.39, 0.29) is 0 Å². The minimum Gasteiger partial charge on any atom is -0.496 e. The Kier molecular flexibility index (Phi) is 4.53. The van der Waals surface area contributed by atoms with Gasteiger partial charge < -0.3 is 9.15 Å². The van der Waals surface area contributed by atoms with Gasteiger partial charge in [-0.2, -0.15) is 0 Å². The third kappa shape index (κ3) is 3.25. The van der Waals surface area contributed by atoms with E-state index < -0.39 is 0 Å². The van der Waals surface area contributed by atoms with Crippen molar-refractivity contribution in [2.75, 3.05) is 7.11 Å². The van der Waals surface area contributed by atoms with Crippen molar-refractivity contribution in [2.24, 2.45) is 0 Å². The minimum atomic E-state index is 0.436. The van der Waals surface area contributed by atoms with Gasteiger partial charge >= 0.3 is 0 Å². The van der Waals surface area contributed by atoms with Crippen molar-refractivity contribution in [2.45, 2.75) is 17.9 Å². The Morgan fingerprint density at radius 2 is 1.69 bits per heavy atom. The molecule has 2 aromatic heterocycles. The van der Waals surface area contributed by atoms with Crippen molar-refractivity contribution in [3.63, 3.8) is 0 Å². The lowest BCUT2D eigenvalue weighted by atomic mass is 10.2. The lowest BCUT2D eigenvalue weighted by Gasteiger charge is -2.05. The van der Waals surface area contributed by atoms with E-state index in [1.165, 1.54) is 11.8 Å². The second-order valence-electron chi connectivity index (χ2n) is 5.61. The SMILES string of the molecule is COc1ccccc1-c1nnc(SCc2nc3ccccc3nc2C)o1. The highest BCUT2D eigenvalue weighted by molar-refractivity contribution is 7.98. The molecule has 0 aliphatic heterocycles. The average molecular weight is 364 g/mol. The highest BCUT2D eigenvalue weighted by Crippen LogP contribution is 2.31. The van der Waals surface area contributed by atoms with E-state index in [2.05, 4.69) is 20.2 Å². The van der Waals surface area contributed by atoms with Crippen LogP contribution in [0.1, 0.15) is 11.4 Å². The molecule has 7 heteroatoms. The van der Waals surface area contributed by atoms with Crippen LogP contribution in [0.4, 0.5) is 0 Å². The van der Waals surface area contributed by atoms with Crippen molar-refractivity contribution in [3.05, 3.63) is 59.9 Å². The number of aromatic nitrogens is 4. The number of rotatable bonds is 5. The van der Waals surface area contributed by atoms with Gasteiger partial charge in [0.15, 0.2) is 0 Å². The fourth-order valence-corrected chi connectivity index (χ4v) is 3.36. The van der Waals surface area contributed by atoms with Crippen LogP contribution >= 0.6 is 11.8 Å². The smallest absolute Gasteiger partial charge is 0.277 e. The molecule has 0 radical (unpaired) electrons. The van der Waals surface area contributed by atoms with Crippen LogP contribution in [0.15, 0.2) is 58.2 Å². The Morgan fingerprint density at radius 1 is 0.962 bits per heavy atom. The second-order valence-corrected chi connectivity index (χ2v) is 6.53. The lowest BCUT2D eigenvalue weighted by Crippen LogP contribution is -1.96. The van der Waals surface area contributed by atoms with Crippen LogP contribution in [0.25, 0.3) is 22.5 Å². The van der Waals surface area contributed by atoms with Gasteiger partial charge in [-0.25, -0.2) is 9.97 Å². The van der Waals surface area contributed by atoms with Crippen molar-refractivity contribution < 1.29 is 9.15 Å². The van der Waals surface area contributed by atoms with Gasteiger partial charge in [-0.05, 0) is 31.2 Å². The summed E-state index contributed by atoms with van der Waals surface area (Å²) in [6.45, 7) is 1.96. The first-order valence-corrected chi connectivity index (χ1v) is 9.05. The van der Waals surface area contributed by atoms with E-state index in [0.717, 1.165) is 28.0 Å². The predicted molar refractivity (Wildman–Crippen MR) is 100 cm³/mol. The Hall–Kier alpha value is -2.93. The zero-order valence-corrected chi connectivity index (χ0v) is 15.2. The highest BCUT2D eigenvalue weighted by Gasteiger charge is 2.14. The largest absolute Gasteiger partial charge is 0.496 e. The molecule has 6 nitrogen and oxygen atoms in total. The van der Waals surface area contributed by atoms with Crippen molar-refractivity contribution in [3.8, 4) is 17.2 Å². The maximum atomic E-state index is 5.77. The molecule has 0 bridgehead atoms. The van der Waals surface area contributed by atoms with Gasteiger partial charge in [0.2, 0.25) is 0 Å². The number of methoxy groups -OCH3 is 1. The van der Waals surface area contributed by atoms with Crippen LogP contribution in [0, 0.1) is 6.92 Å². The Bertz CT molecular complexity index is 1060. The summed E-state index contributed by atoms with van der Waals surface area (Å²) in [7, 11) is 1.62. The molecule has 4 rings (SSSR count). The van der Waals surface area contributed by atoms with Gasteiger partial charge in [-0.3, -0.25) is 0 Å². The van der Waals surface area contributed by atoms with E-state index in [9.17, 15) is 0 Å². The summed E-state index contributed by atoms with van der Waals surface area (Å²) in [5, 5.41) is 8.73. The molecule has 0 aliphatic rings. The molecule has 4 aromatic rings. The maximum Gasteiger partial charge on any atom is 0.277 e. The number of ether oxygens (including phenoxy) is 1. The molecule has 0 saturated heterocycles. The summed E-state index contributed by atoms with van der Waals surface area (Å²) >= 11 is 1.44. The average Bonchev–Trinajstić information content (AvgIpc) is 3.15. The van der Waals surface area contributed by atoms with Crippen LogP contribution in [-0.4, -0.2) is 27.3 Å². The van der Waals surface area contributed by atoms with Crippen molar-refractivity contribution >= 4 is 22.8 Å². The molecular weight excluding hydrogens is 348 g/mol. The number of thioether (sulfide) groups is 1. The molecular formula is C19H16N4O2S. The molecule has 0 N–H and O–H groups in total. The zero-order chi connectivity index (χ0) is 17.9. The minimum absolute atomic E-state index is 0.436. The molecule has 2 aromatic carbocycles. The summed E-state index contributed by atoms with van der Waals surface area (Å²) < 4.78 is 11.1. The Morgan fingerprint density at radius 3 is 2.50 bits per heavy atom. The van der Waals surface area contributed by atoms with Gasteiger partial charge in [-0.1, -0.05) is 36.0 Å². The van der Waals surface area contributed by atoms with Crippen LogP contribution in [0.2, 0.25) is 0 Å². The molecule has 0 aliphatic carbocycles. The Balaban J connectivity index is 1.54. The standard InChI is InChI=1S/C19H16N4O2S/c1-12-16(21-15-9-5-4-8-14(15)20-12)11-26-19-23-22-18(25-19)13-7-3-6-10-17(13)24-2/h3-10H,11H2,1-2H3. The highest BCUT2D eigenvalue weighted by atomic mass is 32.2. The van der Waals surface area contributed by atoms with Gasteiger partial charge in [0, 0.05) is 5.75 Å². The topological polar surface area (TPSA) is 73.9 Å². The third-order valence-corrected chi connectivity index (χ3v) is 4.75. The van der Waals surface area contributed by atoms with E-state index in [1.807, 2.05) is 55.5 Å². The molecule has 0 saturated carbocycles. The fourth-order valence-electron chi connectivity index (χ4n) is 2.59. The molecule has 130 valence electrons. The monoisotopic (exact) mass is 364 g/mol. The van der Waals surface area contributed by atoms with Gasteiger partial charge in [0.1, 0.15) is 5.75 Å². The zero-order valence-electron chi connectivity index (χ0n) is 14.3. The fraction of sp³-hybridized carbons (Fsp3) is 0.158. The number of nitrogens with zero attached hydrogens (tertiary/aromatic N) is 4. The first kappa shape index (κ1) is 16.5. The van der Waals surface area contributed by atoms with Gasteiger partial charge in [-0.15, -0.1) is 10.2 Å². The molecule has 0 unspecified atom stereocenters. The number of benzene rings is 2. The van der Waals surface area contributed by atoms with E-state index >= 15 is 0 Å². The maximum absolute atomic E-state index is 5.77. The summed E-state index contributed by atoms with van der Waals surface area (Å²) in [6.07, 6.45) is 0. The number of hydrogen-bond acceptors (Lipinski definition) is 7. The lowest BCUT2D eigenvalue weighted by molar-refractivity contribution is 0.411. The third-order valence-electron chi connectivity index (χ3n) is 3.92. The van der Waals surface area contributed by atoms with Crippen molar-refractivity contribution in [1.82, 2.24) is 20.2 Å². The molecule has 0 amide bonds. The number of para-hydroxylation sites is 3. The predicted octanol–water partition coefficient (Wildman–Crippen LogP) is 4.29. The summed E-state index contributed by atoms with van der Waals surface area (Å²) in [4.78, 5) is 9.29. The molecule has 2 heterocycles. The van der Waals surface area contributed by atoms with Crippen LogP contribution < -0.4 is 4.74 Å². The summed E-state index contributed by atoms with van der Waals surface area (Å²) in [6, 6.07) is 15.4. The van der Waals surface area contributed by atoms with Crippen molar-refractivity contribution in [1.29, 1.82) is 0 Å². The molecule has 0 atom stereocenters. The summed E-state index contributed by atoms with van der Waals surface area (Å²) in [5.74, 6) is 1.74. The first-order chi connectivity index (χ1) is 12.7. The number of aryl methyl sites for hydroxylation is 1. The van der Waals surface area contributed by atoms with Gasteiger partial charge in [0.05, 0.1) is 35.1 Å². The normalized spacial score (nSPS) is 11.0. The molecule has 26 heavy (non-hydrogen) atoms. The number of fused-ring (bicyclic) bond motifs is 1.